The van der Waals surface area contributed by atoms with Crippen LogP contribution in [0.3, 0.4) is 0 Å². The molecule has 4 nitrogen and oxygen atoms in total. The van der Waals surface area contributed by atoms with Gasteiger partial charge in [0.15, 0.2) is 0 Å². The predicted molar refractivity (Wildman–Crippen MR) is 63.1 cm³/mol. The van der Waals surface area contributed by atoms with E-state index in [9.17, 15) is 9.59 Å². The first-order chi connectivity index (χ1) is 7.52. The molecule has 0 saturated carbocycles. The molecule has 0 aliphatic carbocycles. The van der Waals surface area contributed by atoms with Crippen LogP contribution in [0.15, 0.2) is 11.6 Å². The molecule has 0 heterocycles. The second-order valence-corrected chi connectivity index (χ2v) is 3.83. The van der Waals surface area contributed by atoms with Crippen molar-refractivity contribution in [3.63, 3.8) is 0 Å². The molecule has 1 atom stereocenters. The lowest BCUT2D eigenvalue weighted by atomic mass is 10.1. The Balaban J connectivity index is 4.23. The molecule has 0 aromatic rings. The zero-order chi connectivity index (χ0) is 12.6. The fourth-order valence-corrected chi connectivity index (χ4v) is 1.26. The van der Waals surface area contributed by atoms with Gasteiger partial charge in [-0.1, -0.05) is 32.3 Å². The number of carbonyl (C=O) groups is 2. The zero-order valence-electron chi connectivity index (χ0n) is 10.2. The Labute approximate surface area is 96.7 Å². The average Bonchev–Trinajstić information content (AvgIpc) is 2.26. The average molecular weight is 227 g/mol. The molecule has 0 unspecified atom stereocenters. The molecular formula is C12H21NO3. The first kappa shape index (κ1) is 14.7. The Kier molecular flexibility index (Phi) is 7.25. The van der Waals surface area contributed by atoms with Gasteiger partial charge < -0.3 is 10.4 Å². The highest BCUT2D eigenvalue weighted by atomic mass is 16.4. The van der Waals surface area contributed by atoms with Gasteiger partial charge in [-0.2, -0.15) is 0 Å². The number of carboxylic acids is 1. The fraction of sp³-hybridized carbons (Fsp3) is 0.667. The van der Waals surface area contributed by atoms with Crippen LogP contribution in [-0.2, 0) is 9.59 Å². The largest absolute Gasteiger partial charge is 0.480 e. The molecule has 0 aliphatic rings. The number of nitrogens with one attached hydrogen (secondary N) is 1. The predicted octanol–water partition coefficient (Wildman–Crippen LogP) is 2.10. The molecule has 16 heavy (non-hydrogen) atoms. The van der Waals surface area contributed by atoms with Crippen molar-refractivity contribution in [3.05, 3.63) is 11.6 Å². The summed E-state index contributed by atoms with van der Waals surface area (Å²) in [6, 6.07) is -0.769. The molecule has 0 bridgehead atoms. The summed E-state index contributed by atoms with van der Waals surface area (Å²) in [6.45, 7) is 5.47. The van der Waals surface area contributed by atoms with E-state index >= 15 is 0 Å². The Morgan fingerprint density at radius 3 is 2.44 bits per heavy atom. The minimum atomic E-state index is -0.964. The van der Waals surface area contributed by atoms with Gasteiger partial charge in [-0.05, 0) is 20.3 Å². The summed E-state index contributed by atoms with van der Waals surface area (Å²) in [5, 5.41) is 11.5. The maximum absolute atomic E-state index is 11.5. The van der Waals surface area contributed by atoms with Gasteiger partial charge in [0.25, 0.3) is 0 Å². The first-order valence-electron chi connectivity index (χ1n) is 5.69. The van der Waals surface area contributed by atoms with Crippen molar-refractivity contribution in [2.75, 3.05) is 0 Å². The molecule has 2 N–H and O–H groups in total. The van der Waals surface area contributed by atoms with Crippen LogP contribution < -0.4 is 5.32 Å². The number of carboxylic acid groups (broad SMARTS) is 1. The summed E-state index contributed by atoms with van der Waals surface area (Å²) >= 11 is 0. The molecule has 0 fully saturated rings. The van der Waals surface area contributed by atoms with Gasteiger partial charge in [-0.25, -0.2) is 4.79 Å². The van der Waals surface area contributed by atoms with Crippen LogP contribution in [0.1, 0.15) is 46.5 Å². The zero-order valence-corrected chi connectivity index (χ0v) is 10.2. The van der Waals surface area contributed by atoms with Gasteiger partial charge in [0, 0.05) is 5.57 Å². The van der Waals surface area contributed by atoms with E-state index in [-0.39, 0.29) is 5.91 Å². The minimum absolute atomic E-state index is 0.300. The van der Waals surface area contributed by atoms with Gasteiger partial charge in [-0.15, -0.1) is 0 Å². The first-order valence-corrected chi connectivity index (χ1v) is 5.69. The molecule has 1 amide bonds. The third-order valence-corrected chi connectivity index (χ3v) is 2.49. The van der Waals surface area contributed by atoms with E-state index < -0.39 is 12.0 Å². The van der Waals surface area contributed by atoms with Gasteiger partial charge in [0.2, 0.25) is 5.91 Å². The minimum Gasteiger partial charge on any atom is -0.480 e. The van der Waals surface area contributed by atoms with E-state index in [0.717, 1.165) is 19.3 Å². The van der Waals surface area contributed by atoms with Crippen LogP contribution in [0.25, 0.3) is 0 Å². The summed E-state index contributed by atoms with van der Waals surface area (Å²) in [7, 11) is 0. The molecular weight excluding hydrogens is 206 g/mol. The van der Waals surface area contributed by atoms with E-state index in [1.54, 1.807) is 19.9 Å². The van der Waals surface area contributed by atoms with Crippen LogP contribution in [-0.4, -0.2) is 23.0 Å². The maximum Gasteiger partial charge on any atom is 0.326 e. The van der Waals surface area contributed by atoms with Gasteiger partial charge in [-0.3, -0.25) is 4.79 Å². The van der Waals surface area contributed by atoms with E-state index in [4.69, 9.17) is 5.11 Å². The number of aliphatic carboxylic acids is 1. The lowest BCUT2D eigenvalue weighted by Gasteiger charge is -2.14. The molecule has 4 heteroatoms. The van der Waals surface area contributed by atoms with Crippen molar-refractivity contribution in [1.82, 2.24) is 5.32 Å². The van der Waals surface area contributed by atoms with Crippen molar-refractivity contribution >= 4 is 11.9 Å². The van der Waals surface area contributed by atoms with Gasteiger partial charge >= 0.3 is 5.97 Å². The number of hydrogen-bond donors (Lipinski definition) is 2. The summed E-state index contributed by atoms with van der Waals surface area (Å²) in [5.41, 5.74) is 0.543. The summed E-state index contributed by atoms with van der Waals surface area (Å²) < 4.78 is 0. The third-order valence-electron chi connectivity index (χ3n) is 2.49. The Morgan fingerprint density at radius 1 is 1.38 bits per heavy atom. The number of allylic oxidation sites excluding steroid dienone is 1. The molecule has 0 rings (SSSR count). The molecule has 0 aromatic carbocycles. The van der Waals surface area contributed by atoms with E-state index in [1.165, 1.54) is 0 Å². The van der Waals surface area contributed by atoms with Crippen molar-refractivity contribution in [2.45, 2.75) is 52.5 Å². The lowest BCUT2D eigenvalue weighted by molar-refractivity contribution is -0.141. The monoisotopic (exact) mass is 227 g/mol. The second-order valence-electron chi connectivity index (χ2n) is 3.83. The lowest BCUT2D eigenvalue weighted by Crippen LogP contribution is -2.41. The Hall–Kier alpha value is -1.32. The number of rotatable bonds is 7. The van der Waals surface area contributed by atoms with Gasteiger partial charge in [0.05, 0.1) is 0 Å². The van der Waals surface area contributed by atoms with Gasteiger partial charge in [0.1, 0.15) is 6.04 Å². The summed E-state index contributed by atoms with van der Waals surface area (Å²) in [4.78, 5) is 22.4. The summed E-state index contributed by atoms with van der Waals surface area (Å²) in [6.07, 6.45) is 5.01. The molecule has 0 radical (unpaired) electrons. The fourth-order valence-electron chi connectivity index (χ4n) is 1.26. The smallest absolute Gasteiger partial charge is 0.326 e. The highest BCUT2D eigenvalue weighted by Gasteiger charge is 2.19. The molecule has 0 spiro atoms. The summed E-state index contributed by atoms with van der Waals surface area (Å²) in [5.74, 6) is -1.26. The van der Waals surface area contributed by atoms with E-state index in [2.05, 4.69) is 12.2 Å². The number of unbranched alkanes of at least 4 members (excludes halogenated alkanes) is 2. The SMILES string of the molecule is C/C=C(\C)C(=O)N[C@@H](CCCCC)C(=O)O. The highest BCUT2D eigenvalue weighted by Crippen LogP contribution is 2.05. The number of hydrogen-bond acceptors (Lipinski definition) is 2. The van der Waals surface area contributed by atoms with Crippen LogP contribution in [0.2, 0.25) is 0 Å². The Bertz CT molecular complexity index is 271. The third kappa shape index (κ3) is 5.53. The molecule has 92 valence electrons. The van der Waals surface area contributed by atoms with Crippen molar-refractivity contribution in [2.24, 2.45) is 0 Å². The molecule has 0 aromatic heterocycles. The van der Waals surface area contributed by atoms with Crippen LogP contribution in [0.5, 0.6) is 0 Å². The number of amides is 1. The van der Waals surface area contributed by atoms with Crippen LogP contribution >= 0.6 is 0 Å². The van der Waals surface area contributed by atoms with Crippen LogP contribution in [0, 0.1) is 0 Å². The van der Waals surface area contributed by atoms with E-state index in [1.807, 2.05) is 0 Å². The highest BCUT2D eigenvalue weighted by molar-refractivity contribution is 5.95. The molecule has 0 aliphatic heterocycles. The molecule has 0 saturated heterocycles. The topological polar surface area (TPSA) is 66.4 Å². The quantitative estimate of drug-likeness (QED) is 0.517. The van der Waals surface area contributed by atoms with Crippen LogP contribution in [0.4, 0.5) is 0 Å². The Morgan fingerprint density at radius 2 is 2.00 bits per heavy atom. The number of carbonyl (C=O) groups excluding carboxylic acids is 1. The van der Waals surface area contributed by atoms with E-state index in [0.29, 0.717) is 12.0 Å². The normalized spacial score (nSPS) is 13.3. The van der Waals surface area contributed by atoms with Crippen molar-refractivity contribution < 1.29 is 14.7 Å². The second kappa shape index (κ2) is 7.91. The maximum atomic E-state index is 11.5. The van der Waals surface area contributed by atoms with Crippen molar-refractivity contribution in [1.29, 1.82) is 0 Å². The standard InChI is InChI=1S/C12H21NO3/c1-4-6-7-8-10(12(15)16)13-11(14)9(3)5-2/h5,10H,4,6-8H2,1-3H3,(H,13,14)(H,15,16)/b9-5+/t10-/m0/s1. The van der Waals surface area contributed by atoms with Crippen molar-refractivity contribution in [3.8, 4) is 0 Å².